The van der Waals surface area contributed by atoms with Gasteiger partial charge in [0, 0.05) is 5.88 Å². The summed E-state index contributed by atoms with van der Waals surface area (Å²) in [6, 6.07) is 0. The monoisotopic (exact) mass is 184 g/mol. The number of halogens is 1. The van der Waals surface area contributed by atoms with E-state index >= 15 is 0 Å². The molecule has 0 aliphatic heterocycles. The lowest BCUT2D eigenvalue weighted by Gasteiger charge is -2.08. The van der Waals surface area contributed by atoms with E-state index in [0.29, 0.717) is 5.92 Å². The van der Waals surface area contributed by atoms with Crippen molar-refractivity contribution >= 4 is 11.6 Å². The van der Waals surface area contributed by atoms with Gasteiger partial charge in [-0.2, -0.15) is 0 Å². The molecule has 0 aliphatic carbocycles. The molecule has 0 spiro atoms. The summed E-state index contributed by atoms with van der Waals surface area (Å²) in [7, 11) is 0. The highest BCUT2D eigenvalue weighted by Gasteiger charge is 2.02. The van der Waals surface area contributed by atoms with Crippen molar-refractivity contribution in [2.75, 3.05) is 5.88 Å². The molecule has 12 heavy (non-hydrogen) atoms. The zero-order valence-corrected chi connectivity index (χ0v) is 8.26. The molecule has 0 rings (SSSR count). The molecule has 0 radical (unpaired) electrons. The quantitative estimate of drug-likeness (QED) is 0.320. The van der Waals surface area contributed by atoms with Gasteiger partial charge in [-0.05, 0) is 25.2 Å². The normalized spacial score (nSPS) is 13.1. The van der Waals surface area contributed by atoms with Crippen molar-refractivity contribution in [2.24, 2.45) is 5.92 Å². The average Bonchev–Trinajstić information content (AvgIpc) is 2.10. The second kappa shape index (κ2) is 8.61. The molecule has 0 amide bonds. The number of hydrogen-bond acceptors (Lipinski definition) is 0. The summed E-state index contributed by atoms with van der Waals surface area (Å²) >= 11 is 5.77. The summed E-state index contributed by atoms with van der Waals surface area (Å²) in [6.07, 6.45) is 11.1. The third kappa shape index (κ3) is 6.23. The largest absolute Gasteiger partial charge is 0.126 e. The lowest BCUT2D eigenvalue weighted by Crippen LogP contribution is -1.99. The Morgan fingerprint density at radius 3 is 2.58 bits per heavy atom. The van der Waals surface area contributed by atoms with E-state index in [-0.39, 0.29) is 0 Å². The summed E-state index contributed by atoms with van der Waals surface area (Å²) in [5.41, 5.74) is 0. The molecule has 1 atom stereocenters. The second-order valence-corrected chi connectivity index (χ2v) is 3.09. The zero-order valence-electron chi connectivity index (χ0n) is 7.51. The Morgan fingerprint density at radius 1 is 1.33 bits per heavy atom. The van der Waals surface area contributed by atoms with E-state index in [9.17, 15) is 0 Å². The lowest BCUT2D eigenvalue weighted by molar-refractivity contribution is 0.553. The second-order valence-electron chi connectivity index (χ2n) is 2.79. The molecule has 0 aliphatic rings. The van der Waals surface area contributed by atoms with Crippen molar-refractivity contribution in [1.29, 1.82) is 0 Å². The summed E-state index contributed by atoms with van der Waals surface area (Å²) in [4.78, 5) is 0. The highest BCUT2D eigenvalue weighted by atomic mass is 35.5. The van der Waals surface area contributed by atoms with Crippen LogP contribution in [-0.4, -0.2) is 5.88 Å². The van der Waals surface area contributed by atoms with Crippen molar-refractivity contribution in [3.05, 3.63) is 37.5 Å². The molecule has 0 saturated carbocycles. The van der Waals surface area contributed by atoms with Crippen molar-refractivity contribution in [2.45, 2.75) is 19.3 Å². The highest BCUT2D eigenvalue weighted by Crippen LogP contribution is 2.13. The number of alkyl halides is 1. The Bertz CT molecular complexity index is 147. The SMILES string of the molecule is C=C/C=C/CCC(CCl)CC=C. The van der Waals surface area contributed by atoms with Crippen molar-refractivity contribution in [1.82, 2.24) is 0 Å². The van der Waals surface area contributed by atoms with E-state index in [0.717, 1.165) is 25.1 Å². The summed E-state index contributed by atoms with van der Waals surface area (Å²) in [6.45, 7) is 7.30. The molecule has 0 aromatic rings. The fourth-order valence-electron chi connectivity index (χ4n) is 1.02. The fourth-order valence-corrected chi connectivity index (χ4v) is 1.30. The van der Waals surface area contributed by atoms with Crippen LogP contribution in [0.2, 0.25) is 0 Å². The molecule has 68 valence electrons. The molecule has 0 aromatic heterocycles. The van der Waals surface area contributed by atoms with Crippen LogP contribution < -0.4 is 0 Å². The van der Waals surface area contributed by atoms with Crippen LogP contribution in [0.25, 0.3) is 0 Å². The molecule has 0 nitrogen and oxygen atoms in total. The highest BCUT2D eigenvalue weighted by molar-refractivity contribution is 6.18. The van der Waals surface area contributed by atoms with Gasteiger partial charge in [0.25, 0.3) is 0 Å². The number of allylic oxidation sites excluding steroid dienone is 4. The Kier molecular flexibility index (Phi) is 8.25. The van der Waals surface area contributed by atoms with Gasteiger partial charge in [0.15, 0.2) is 0 Å². The minimum Gasteiger partial charge on any atom is -0.126 e. The minimum absolute atomic E-state index is 0.582. The molecular weight excluding hydrogens is 168 g/mol. The summed E-state index contributed by atoms with van der Waals surface area (Å²) in [5.74, 6) is 1.31. The smallest absolute Gasteiger partial charge is 0.0254 e. The Hall–Kier alpha value is -0.490. The molecule has 0 heterocycles. The van der Waals surface area contributed by atoms with Gasteiger partial charge in [0.1, 0.15) is 0 Å². The molecule has 0 fully saturated rings. The molecule has 0 N–H and O–H groups in total. The summed E-state index contributed by atoms with van der Waals surface area (Å²) in [5, 5.41) is 0. The molecule has 0 bridgehead atoms. The van der Waals surface area contributed by atoms with Gasteiger partial charge in [0.2, 0.25) is 0 Å². The third-order valence-electron chi connectivity index (χ3n) is 1.73. The van der Waals surface area contributed by atoms with Crippen LogP contribution in [0.5, 0.6) is 0 Å². The van der Waals surface area contributed by atoms with Crippen LogP contribution in [0.15, 0.2) is 37.5 Å². The van der Waals surface area contributed by atoms with Gasteiger partial charge in [-0.1, -0.05) is 30.9 Å². The maximum atomic E-state index is 5.77. The van der Waals surface area contributed by atoms with E-state index < -0.39 is 0 Å². The van der Waals surface area contributed by atoms with Crippen LogP contribution in [0, 0.1) is 5.92 Å². The number of hydrogen-bond donors (Lipinski definition) is 0. The minimum atomic E-state index is 0.582. The van der Waals surface area contributed by atoms with Crippen LogP contribution in [0.4, 0.5) is 0 Å². The van der Waals surface area contributed by atoms with E-state index in [1.54, 1.807) is 6.08 Å². The van der Waals surface area contributed by atoms with Gasteiger partial charge in [-0.15, -0.1) is 18.2 Å². The first kappa shape index (κ1) is 11.5. The van der Waals surface area contributed by atoms with Crippen LogP contribution in [0.3, 0.4) is 0 Å². The van der Waals surface area contributed by atoms with Crippen molar-refractivity contribution in [3.8, 4) is 0 Å². The summed E-state index contributed by atoms with van der Waals surface area (Å²) < 4.78 is 0. The molecule has 0 aromatic carbocycles. The van der Waals surface area contributed by atoms with Crippen molar-refractivity contribution in [3.63, 3.8) is 0 Å². The molecular formula is C11H17Cl. The maximum absolute atomic E-state index is 5.77. The van der Waals surface area contributed by atoms with E-state index in [1.165, 1.54) is 0 Å². The van der Waals surface area contributed by atoms with Crippen LogP contribution >= 0.6 is 11.6 Å². The first-order chi connectivity index (χ1) is 5.85. The molecule has 0 saturated heterocycles. The van der Waals surface area contributed by atoms with Gasteiger partial charge in [0.05, 0.1) is 0 Å². The first-order valence-corrected chi connectivity index (χ1v) is 4.83. The topological polar surface area (TPSA) is 0 Å². The van der Waals surface area contributed by atoms with E-state index in [1.807, 2.05) is 12.2 Å². The number of rotatable bonds is 7. The van der Waals surface area contributed by atoms with E-state index in [4.69, 9.17) is 11.6 Å². The van der Waals surface area contributed by atoms with Crippen LogP contribution in [-0.2, 0) is 0 Å². The Balaban J connectivity index is 3.49. The van der Waals surface area contributed by atoms with Gasteiger partial charge in [-0.25, -0.2) is 0 Å². The van der Waals surface area contributed by atoms with Gasteiger partial charge >= 0.3 is 0 Å². The average molecular weight is 185 g/mol. The maximum Gasteiger partial charge on any atom is 0.0254 e. The third-order valence-corrected chi connectivity index (χ3v) is 2.17. The van der Waals surface area contributed by atoms with Crippen LogP contribution in [0.1, 0.15) is 19.3 Å². The predicted octanol–water partition coefficient (Wildman–Crippen LogP) is 3.94. The fraction of sp³-hybridized carbons (Fsp3) is 0.455. The first-order valence-electron chi connectivity index (χ1n) is 4.29. The lowest BCUT2D eigenvalue weighted by atomic mass is 10.0. The Labute approximate surface area is 80.6 Å². The Morgan fingerprint density at radius 2 is 2.08 bits per heavy atom. The molecule has 1 heteroatoms. The molecule has 1 unspecified atom stereocenters. The van der Waals surface area contributed by atoms with Crippen molar-refractivity contribution < 1.29 is 0 Å². The standard InChI is InChI=1S/C11H17Cl/c1-3-5-6-7-9-11(10-12)8-4-2/h3-6,11H,1-2,7-10H2/b6-5+. The zero-order chi connectivity index (χ0) is 9.23. The van der Waals surface area contributed by atoms with Gasteiger partial charge in [-0.3, -0.25) is 0 Å². The van der Waals surface area contributed by atoms with E-state index in [2.05, 4.69) is 19.2 Å². The predicted molar refractivity (Wildman–Crippen MR) is 57.6 cm³/mol. The van der Waals surface area contributed by atoms with Gasteiger partial charge < -0.3 is 0 Å².